The molecule has 0 bridgehead atoms. The van der Waals surface area contributed by atoms with Gasteiger partial charge in [-0.2, -0.15) is 4.31 Å². The van der Waals surface area contributed by atoms with Gasteiger partial charge in [0.1, 0.15) is 0 Å². The Bertz CT molecular complexity index is 1450. The van der Waals surface area contributed by atoms with Crippen LogP contribution in [0.5, 0.6) is 0 Å². The first-order valence-corrected chi connectivity index (χ1v) is 14.3. The maximum absolute atomic E-state index is 13.2. The maximum Gasteiger partial charge on any atom is 0.243 e. The highest BCUT2D eigenvalue weighted by atomic mass is 35.5. The molecule has 180 valence electrons. The van der Waals surface area contributed by atoms with Crippen molar-refractivity contribution in [3.05, 3.63) is 88.4 Å². The highest BCUT2D eigenvalue weighted by Gasteiger charge is 2.28. The van der Waals surface area contributed by atoms with E-state index in [1.54, 1.807) is 28.6 Å². The summed E-state index contributed by atoms with van der Waals surface area (Å²) in [6.07, 6.45) is 1.78. The molecule has 0 saturated carbocycles. The summed E-state index contributed by atoms with van der Waals surface area (Å²) < 4.78 is 29.8. The number of aromatic nitrogens is 3. The number of thioether (sulfide) groups is 1. The molecule has 35 heavy (non-hydrogen) atoms. The van der Waals surface area contributed by atoms with Crippen molar-refractivity contribution in [3.63, 3.8) is 0 Å². The van der Waals surface area contributed by atoms with Gasteiger partial charge in [0.25, 0.3) is 0 Å². The van der Waals surface area contributed by atoms with Gasteiger partial charge in [-0.3, -0.25) is 4.57 Å². The SMILES string of the molecule is O=S(=O)(c1cccc(-c2nnc(SCc3ccc(Cl)cc3Cl)n2-c2ccccc2)c1)N1CCCC1. The van der Waals surface area contributed by atoms with Crippen molar-refractivity contribution < 1.29 is 8.42 Å². The van der Waals surface area contributed by atoms with Crippen LogP contribution in [0, 0.1) is 0 Å². The molecule has 0 atom stereocenters. The van der Waals surface area contributed by atoms with Gasteiger partial charge in [0, 0.05) is 40.1 Å². The van der Waals surface area contributed by atoms with Gasteiger partial charge in [0.05, 0.1) is 4.90 Å². The third-order valence-electron chi connectivity index (χ3n) is 5.81. The minimum absolute atomic E-state index is 0.265. The molecule has 1 aliphatic heterocycles. The third kappa shape index (κ3) is 5.13. The van der Waals surface area contributed by atoms with E-state index in [-0.39, 0.29) is 4.90 Å². The Balaban J connectivity index is 1.53. The van der Waals surface area contributed by atoms with Gasteiger partial charge in [0.15, 0.2) is 11.0 Å². The lowest BCUT2D eigenvalue weighted by Gasteiger charge is -2.16. The molecule has 0 unspecified atom stereocenters. The van der Waals surface area contributed by atoms with Crippen molar-refractivity contribution in [1.29, 1.82) is 0 Å². The quantitative estimate of drug-likeness (QED) is 0.254. The minimum atomic E-state index is -3.55. The molecular formula is C25H22Cl2N4O2S2. The second-order valence-corrected chi connectivity index (χ2v) is 11.9. The molecular weight excluding hydrogens is 523 g/mol. The van der Waals surface area contributed by atoms with Crippen molar-refractivity contribution in [2.45, 2.75) is 28.6 Å². The highest BCUT2D eigenvalue weighted by Crippen LogP contribution is 2.33. The van der Waals surface area contributed by atoms with E-state index in [4.69, 9.17) is 23.2 Å². The molecule has 6 nitrogen and oxygen atoms in total. The first kappa shape index (κ1) is 24.3. The molecule has 3 aromatic carbocycles. The molecule has 1 aromatic heterocycles. The summed E-state index contributed by atoms with van der Waals surface area (Å²) in [5.41, 5.74) is 2.49. The number of sulfonamides is 1. The van der Waals surface area contributed by atoms with Crippen LogP contribution in [-0.4, -0.2) is 40.6 Å². The van der Waals surface area contributed by atoms with E-state index in [0.29, 0.717) is 45.4 Å². The van der Waals surface area contributed by atoms with Gasteiger partial charge in [0.2, 0.25) is 10.0 Å². The number of halogens is 2. The van der Waals surface area contributed by atoms with Gasteiger partial charge < -0.3 is 0 Å². The van der Waals surface area contributed by atoms with Crippen LogP contribution in [-0.2, 0) is 15.8 Å². The van der Waals surface area contributed by atoms with E-state index in [0.717, 1.165) is 24.1 Å². The third-order valence-corrected chi connectivity index (χ3v) is 9.27. The van der Waals surface area contributed by atoms with Crippen LogP contribution in [0.4, 0.5) is 0 Å². The molecule has 0 spiro atoms. The fraction of sp³-hybridized carbons (Fsp3) is 0.200. The topological polar surface area (TPSA) is 68.1 Å². The number of hydrogen-bond acceptors (Lipinski definition) is 5. The lowest BCUT2D eigenvalue weighted by molar-refractivity contribution is 0.477. The first-order chi connectivity index (χ1) is 16.9. The van der Waals surface area contributed by atoms with E-state index in [1.165, 1.54) is 11.8 Å². The van der Waals surface area contributed by atoms with Gasteiger partial charge in [-0.1, -0.05) is 71.4 Å². The Morgan fingerprint density at radius 3 is 2.40 bits per heavy atom. The van der Waals surface area contributed by atoms with Crippen molar-refractivity contribution in [2.24, 2.45) is 0 Å². The molecule has 1 saturated heterocycles. The molecule has 0 N–H and O–H groups in total. The summed E-state index contributed by atoms with van der Waals surface area (Å²) in [5.74, 6) is 1.14. The molecule has 0 radical (unpaired) electrons. The Morgan fingerprint density at radius 1 is 0.886 bits per heavy atom. The minimum Gasteiger partial charge on any atom is -0.270 e. The molecule has 0 aliphatic carbocycles. The van der Waals surface area contributed by atoms with E-state index in [2.05, 4.69) is 10.2 Å². The van der Waals surface area contributed by atoms with E-state index in [9.17, 15) is 8.42 Å². The first-order valence-electron chi connectivity index (χ1n) is 11.1. The highest BCUT2D eigenvalue weighted by molar-refractivity contribution is 7.98. The zero-order valence-electron chi connectivity index (χ0n) is 18.6. The summed E-state index contributed by atoms with van der Waals surface area (Å²) >= 11 is 13.9. The number of hydrogen-bond donors (Lipinski definition) is 0. The van der Waals surface area contributed by atoms with Gasteiger partial charge in [-0.15, -0.1) is 10.2 Å². The Morgan fingerprint density at radius 2 is 1.66 bits per heavy atom. The molecule has 1 aliphatic rings. The van der Waals surface area contributed by atoms with Crippen LogP contribution in [0.15, 0.2) is 82.8 Å². The molecule has 0 amide bonds. The lowest BCUT2D eigenvalue weighted by Crippen LogP contribution is -2.27. The molecule has 5 rings (SSSR count). The fourth-order valence-electron chi connectivity index (χ4n) is 4.01. The summed E-state index contributed by atoms with van der Waals surface area (Å²) in [7, 11) is -3.55. The number of rotatable bonds is 7. The zero-order chi connectivity index (χ0) is 24.4. The van der Waals surface area contributed by atoms with Crippen molar-refractivity contribution >= 4 is 45.0 Å². The number of nitrogens with zero attached hydrogens (tertiary/aromatic N) is 4. The summed E-state index contributed by atoms with van der Waals surface area (Å²) in [6.45, 7) is 1.11. The van der Waals surface area contributed by atoms with E-state index >= 15 is 0 Å². The summed E-state index contributed by atoms with van der Waals surface area (Å²) in [4.78, 5) is 0.265. The Kier molecular flexibility index (Phi) is 7.18. The lowest BCUT2D eigenvalue weighted by atomic mass is 10.2. The molecule has 10 heteroatoms. The zero-order valence-corrected chi connectivity index (χ0v) is 21.8. The average Bonchev–Trinajstić information content (AvgIpc) is 3.55. The van der Waals surface area contributed by atoms with E-state index < -0.39 is 10.0 Å². The predicted octanol–water partition coefficient (Wildman–Crippen LogP) is 6.32. The Labute approximate surface area is 218 Å². The van der Waals surface area contributed by atoms with Crippen molar-refractivity contribution in [1.82, 2.24) is 19.1 Å². The average molecular weight is 546 g/mol. The van der Waals surface area contributed by atoms with E-state index in [1.807, 2.05) is 53.1 Å². The van der Waals surface area contributed by atoms with Crippen LogP contribution >= 0.6 is 35.0 Å². The second-order valence-electron chi connectivity index (χ2n) is 8.14. The van der Waals surface area contributed by atoms with Crippen LogP contribution in [0.1, 0.15) is 18.4 Å². The van der Waals surface area contributed by atoms with Gasteiger partial charge >= 0.3 is 0 Å². The molecule has 2 heterocycles. The largest absolute Gasteiger partial charge is 0.270 e. The standard InChI is InChI=1S/C25H22Cl2N4O2S2/c26-20-12-11-19(23(27)16-20)17-34-25-29-28-24(31(25)21-8-2-1-3-9-21)18-7-6-10-22(15-18)35(32,33)30-13-4-5-14-30/h1-3,6-12,15-16H,4-5,13-14,17H2. The summed E-state index contributed by atoms with van der Waals surface area (Å²) in [6, 6.07) is 22.1. The van der Waals surface area contributed by atoms with Crippen molar-refractivity contribution in [3.8, 4) is 17.1 Å². The van der Waals surface area contributed by atoms with Crippen LogP contribution in [0.25, 0.3) is 17.1 Å². The molecule has 4 aromatic rings. The second kappa shape index (κ2) is 10.3. The van der Waals surface area contributed by atoms with Crippen LogP contribution < -0.4 is 0 Å². The smallest absolute Gasteiger partial charge is 0.243 e. The maximum atomic E-state index is 13.2. The summed E-state index contributed by atoms with van der Waals surface area (Å²) in [5, 5.41) is 10.8. The predicted molar refractivity (Wildman–Crippen MR) is 141 cm³/mol. The van der Waals surface area contributed by atoms with Crippen LogP contribution in [0.2, 0.25) is 10.0 Å². The van der Waals surface area contributed by atoms with Crippen molar-refractivity contribution in [2.75, 3.05) is 13.1 Å². The van der Waals surface area contributed by atoms with Gasteiger partial charge in [-0.05, 0) is 54.8 Å². The normalized spacial score (nSPS) is 14.5. The number of para-hydroxylation sites is 1. The number of benzene rings is 3. The van der Waals surface area contributed by atoms with Gasteiger partial charge in [-0.25, -0.2) is 8.42 Å². The molecule has 1 fully saturated rings. The Hall–Kier alpha value is -2.36. The van der Waals surface area contributed by atoms with Crippen LogP contribution in [0.3, 0.4) is 0 Å². The fourth-order valence-corrected chi connectivity index (χ4v) is 7.09. The monoisotopic (exact) mass is 544 g/mol.